The maximum atomic E-state index is 13.5. The molecule has 0 aliphatic carbocycles. The molecule has 0 aromatic heterocycles. The first kappa shape index (κ1) is 15.9. The molecule has 0 saturated carbocycles. The van der Waals surface area contributed by atoms with Gasteiger partial charge in [-0.25, -0.2) is 8.78 Å². The predicted molar refractivity (Wildman–Crippen MR) is 83.2 cm³/mol. The van der Waals surface area contributed by atoms with Crippen molar-refractivity contribution in [3.63, 3.8) is 0 Å². The molecule has 3 nitrogen and oxygen atoms in total. The molecule has 2 rings (SSSR count). The van der Waals surface area contributed by atoms with Crippen molar-refractivity contribution in [3.05, 3.63) is 65.2 Å². The van der Waals surface area contributed by atoms with Crippen molar-refractivity contribution in [2.24, 2.45) is 0 Å². The lowest BCUT2D eigenvalue weighted by molar-refractivity contribution is 0.0954. The summed E-state index contributed by atoms with van der Waals surface area (Å²) in [6, 6.07) is 10.5. The Morgan fingerprint density at radius 1 is 1.14 bits per heavy atom. The van der Waals surface area contributed by atoms with Crippen LogP contribution in [0.15, 0.2) is 42.5 Å². The number of carbonyl (C=O) groups excluding carboxylic acids is 1. The quantitative estimate of drug-likeness (QED) is 0.921. The van der Waals surface area contributed by atoms with Crippen molar-refractivity contribution in [2.45, 2.75) is 6.42 Å². The second-order valence-corrected chi connectivity index (χ2v) is 5.19. The van der Waals surface area contributed by atoms with Crippen LogP contribution in [0, 0.1) is 11.6 Å². The summed E-state index contributed by atoms with van der Waals surface area (Å²) >= 11 is 0. The lowest BCUT2D eigenvalue weighted by Gasteiger charge is -2.13. The van der Waals surface area contributed by atoms with E-state index >= 15 is 0 Å². The molecule has 0 aliphatic rings. The Balaban J connectivity index is 1.95. The van der Waals surface area contributed by atoms with Gasteiger partial charge in [0.15, 0.2) is 0 Å². The molecule has 5 heteroatoms. The Bertz CT molecular complexity index is 671. The van der Waals surface area contributed by atoms with Crippen LogP contribution >= 0.6 is 0 Å². The molecule has 0 heterocycles. The molecule has 0 bridgehead atoms. The summed E-state index contributed by atoms with van der Waals surface area (Å²) in [5.74, 6) is -1.19. The van der Waals surface area contributed by atoms with Gasteiger partial charge in [0.1, 0.15) is 11.6 Å². The summed E-state index contributed by atoms with van der Waals surface area (Å²) in [6.45, 7) is 0.241. The average molecular weight is 304 g/mol. The minimum absolute atomic E-state index is 0.236. The van der Waals surface area contributed by atoms with Gasteiger partial charge in [-0.2, -0.15) is 0 Å². The fourth-order valence-corrected chi connectivity index (χ4v) is 2.07. The van der Waals surface area contributed by atoms with Gasteiger partial charge in [0.25, 0.3) is 5.91 Å². The Labute approximate surface area is 128 Å². The van der Waals surface area contributed by atoms with Crippen LogP contribution in [0.3, 0.4) is 0 Å². The van der Waals surface area contributed by atoms with E-state index in [2.05, 4.69) is 5.32 Å². The van der Waals surface area contributed by atoms with Crippen molar-refractivity contribution in [1.29, 1.82) is 0 Å². The Kier molecular flexibility index (Phi) is 5.09. The molecule has 0 spiro atoms. The van der Waals surface area contributed by atoms with Crippen molar-refractivity contribution in [2.75, 3.05) is 25.5 Å². The van der Waals surface area contributed by atoms with Crippen LogP contribution in [0.5, 0.6) is 0 Å². The van der Waals surface area contributed by atoms with E-state index in [1.54, 1.807) is 18.2 Å². The summed E-state index contributed by atoms with van der Waals surface area (Å²) in [6.07, 6.45) is 0.239. The summed E-state index contributed by atoms with van der Waals surface area (Å²) in [7, 11) is 3.79. The monoisotopic (exact) mass is 304 g/mol. The molecule has 0 atom stereocenters. The minimum atomic E-state index is -0.485. The van der Waals surface area contributed by atoms with E-state index in [0.717, 1.165) is 23.9 Å². The van der Waals surface area contributed by atoms with E-state index in [4.69, 9.17) is 0 Å². The lowest BCUT2D eigenvalue weighted by Crippen LogP contribution is -2.26. The Morgan fingerprint density at radius 3 is 2.64 bits per heavy atom. The number of halogens is 2. The molecule has 0 aliphatic heterocycles. The van der Waals surface area contributed by atoms with Gasteiger partial charge in [0.05, 0.1) is 0 Å². The van der Waals surface area contributed by atoms with Crippen molar-refractivity contribution < 1.29 is 13.6 Å². The zero-order chi connectivity index (χ0) is 16.1. The predicted octanol–water partition coefficient (Wildman–Crippen LogP) is 3.00. The van der Waals surface area contributed by atoms with Crippen LogP contribution in [-0.4, -0.2) is 26.5 Å². The van der Waals surface area contributed by atoms with Gasteiger partial charge in [0.2, 0.25) is 0 Å². The highest BCUT2D eigenvalue weighted by Gasteiger charge is 2.08. The number of hydrogen-bond donors (Lipinski definition) is 1. The largest absolute Gasteiger partial charge is 0.378 e. The first-order chi connectivity index (χ1) is 10.5. The molecule has 2 aromatic rings. The molecular formula is C17H18F2N2O. The van der Waals surface area contributed by atoms with Gasteiger partial charge in [-0.3, -0.25) is 4.79 Å². The van der Waals surface area contributed by atoms with Crippen LogP contribution in [0.1, 0.15) is 15.9 Å². The summed E-state index contributed by atoms with van der Waals surface area (Å²) in [5, 5.41) is 2.71. The summed E-state index contributed by atoms with van der Waals surface area (Å²) in [5.41, 5.74) is 1.71. The second-order valence-electron chi connectivity index (χ2n) is 5.19. The lowest BCUT2D eigenvalue weighted by atomic mass is 10.1. The van der Waals surface area contributed by atoms with E-state index in [-0.39, 0.29) is 24.4 Å². The van der Waals surface area contributed by atoms with Gasteiger partial charge >= 0.3 is 0 Å². The number of nitrogens with one attached hydrogen (secondary N) is 1. The summed E-state index contributed by atoms with van der Waals surface area (Å²) in [4.78, 5) is 14.0. The highest BCUT2D eigenvalue weighted by Crippen LogP contribution is 2.13. The van der Waals surface area contributed by atoms with Crippen LogP contribution in [0.4, 0.5) is 14.5 Å². The van der Waals surface area contributed by atoms with E-state index in [1.807, 2.05) is 25.1 Å². The highest BCUT2D eigenvalue weighted by molar-refractivity contribution is 5.95. The Hall–Kier alpha value is -2.43. The molecule has 0 unspecified atom stereocenters. The molecule has 116 valence electrons. The number of amides is 1. The van der Waals surface area contributed by atoms with Crippen LogP contribution < -0.4 is 10.2 Å². The smallest absolute Gasteiger partial charge is 0.251 e. The van der Waals surface area contributed by atoms with Crippen molar-refractivity contribution in [1.82, 2.24) is 5.32 Å². The molecule has 22 heavy (non-hydrogen) atoms. The van der Waals surface area contributed by atoms with Gasteiger partial charge < -0.3 is 10.2 Å². The SMILES string of the molecule is CN(C)c1cccc(C(=O)NCCc2cc(F)ccc2F)c1. The highest BCUT2D eigenvalue weighted by atomic mass is 19.1. The van der Waals surface area contributed by atoms with Crippen LogP contribution in [0.2, 0.25) is 0 Å². The zero-order valence-electron chi connectivity index (χ0n) is 12.6. The fourth-order valence-electron chi connectivity index (χ4n) is 2.07. The molecular weight excluding hydrogens is 286 g/mol. The van der Waals surface area contributed by atoms with E-state index in [0.29, 0.717) is 5.56 Å². The summed E-state index contributed by atoms with van der Waals surface area (Å²) < 4.78 is 26.5. The van der Waals surface area contributed by atoms with Crippen LogP contribution in [-0.2, 0) is 6.42 Å². The average Bonchev–Trinajstić information content (AvgIpc) is 2.50. The van der Waals surface area contributed by atoms with Crippen LogP contribution in [0.25, 0.3) is 0 Å². The Morgan fingerprint density at radius 2 is 1.91 bits per heavy atom. The number of carbonyl (C=O) groups is 1. The third-order valence-electron chi connectivity index (χ3n) is 3.31. The fraction of sp³-hybridized carbons (Fsp3) is 0.235. The minimum Gasteiger partial charge on any atom is -0.378 e. The first-order valence-corrected chi connectivity index (χ1v) is 6.97. The molecule has 1 amide bonds. The maximum absolute atomic E-state index is 13.5. The number of rotatable bonds is 5. The normalized spacial score (nSPS) is 10.4. The van der Waals surface area contributed by atoms with Gasteiger partial charge in [-0.05, 0) is 48.4 Å². The van der Waals surface area contributed by atoms with Gasteiger partial charge in [-0.15, -0.1) is 0 Å². The third-order valence-corrected chi connectivity index (χ3v) is 3.31. The van der Waals surface area contributed by atoms with E-state index < -0.39 is 11.6 Å². The molecule has 2 aromatic carbocycles. The van der Waals surface area contributed by atoms with E-state index in [1.165, 1.54) is 0 Å². The van der Waals surface area contributed by atoms with Crippen molar-refractivity contribution in [3.8, 4) is 0 Å². The molecule has 0 fully saturated rings. The maximum Gasteiger partial charge on any atom is 0.251 e. The van der Waals surface area contributed by atoms with Gasteiger partial charge in [-0.1, -0.05) is 6.07 Å². The second kappa shape index (κ2) is 7.02. The topological polar surface area (TPSA) is 32.3 Å². The molecule has 0 saturated heterocycles. The number of benzene rings is 2. The van der Waals surface area contributed by atoms with E-state index in [9.17, 15) is 13.6 Å². The standard InChI is InChI=1S/C17H18F2N2O/c1-21(2)15-5-3-4-13(11-15)17(22)20-9-8-12-10-14(18)6-7-16(12)19/h3-7,10-11H,8-9H2,1-2H3,(H,20,22). The van der Waals surface area contributed by atoms with Crippen molar-refractivity contribution >= 4 is 11.6 Å². The number of anilines is 1. The third kappa shape index (κ3) is 4.04. The number of hydrogen-bond acceptors (Lipinski definition) is 2. The zero-order valence-corrected chi connectivity index (χ0v) is 12.6. The first-order valence-electron chi connectivity index (χ1n) is 6.97. The number of nitrogens with zero attached hydrogens (tertiary/aromatic N) is 1. The molecule has 1 N–H and O–H groups in total. The molecule has 0 radical (unpaired) electrons. The van der Waals surface area contributed by atoms with Gasteiger partial charge in [0, 0.05) is 31.9 Å².